The van der Waals surface area contributed by atoms with Crippen molar-refractivity contribution in [3.63, 3.8) is 0 Å². The molecule has 0 amide bonds. The van der Waals surface area contributed by atoms with Crippen molar-refractivity contribution in [1.82, 2.24) is 9.97 Å². The number of nitrogens with zero attached hydrogens (tertiary/aromatic N) is 2. The highest BCUT2D eigenvalue weighted by molar-refractivity contribution is 6.29. The summed E-state index contributed by atoms with van der Waals surface area (Å²) in [4.78, 5) is 9.00. The third kappa shape index (κ3) is 2.66. The molecule has 0 radical (unpaired) electrons. The minimum atomic E-state index is 0.185. The van der Waals surface area contributed by atoms with Gasteiger partial charge >= 0.3 is 0 Å². The third-order valence-electron chi connectivity index (χ3n) is 5.75. The number of furan rings is 1. The van der Waals surface area contributed by atoms with Crippen LogP contribution in [0.1, 0.15) is 18.4 Å². The predicted molar refractivity (Wildman–Crippen MR) is 124 cm³/mol. The van der Waals surface area contributed by atoms with Gasteiger partial charge < -0.3 is 4.42 Å². The number of allylic oxidation sites excluding steroid dienone is 4. The topological polar surface area (TPSA) is 38.9 Å². The molecule has 2 aromatic heterocycles. The number of fused-ring (bicyclic) bond motifs is 4. The summed E-state index contributed by atoms with van der Waals surface area (Å²) in [5, 5.41) is 4.43. The first-order chi connectivity index (χ1) is 14.8. The van der Waals surface area contributed by atoms with Gasteiger partial charge in [0.25, 0.3) is 0 Å². The van der Waals surface area contributed by atoms with Crippen LogP contribution < -0.4 is 0 Å². The minimum Gasteiger partial charge on any atom is -0.438 e. The number of aromatic nitrogens is 2. The first-order valence-corrected chi connectivity index (χ1v) is 10.4. The normalized spacial score (nSPS) is 14.0. The van der Waals surface area contributed by atoms with Gasteiger partial charge in [-0.2, -0.15) is 4.98 Å². The van der Waals surface area contributed by atoms with E-state index in [9.17, 15) is 0 Å². The van der Waals surface area contributed by atoms with Gasteiger partial charge in [0, 0.05) is 10.9 Å². The minimum absolute atomic E-state index is 0.185. The second-order valence-electron chi connectivity index (χ2n) is 7.48. The van der Waals surface area contributed by atoms with Crippen molar-refractivity contribution in [3.05, 3.63) is 89.7 Å². The highest BCUT2D eigenvalue weighted by atomic mass is 35.5. The molecule has 0 unspecified atom stereocenters. The standard InChI is InChI=1S/C26H17ClN2O/c27-26-28-24(23-21-12-6-7-13-22(21)30-25(23)29-26)20-15-14-17(16-8-2-1-3-9-16)18-10-4-5-11-19(18)20/h1-2,4-8,10-15H,3,9H2. The molecule has 0 N–H and O–H groups in total. The molecule has 0 atom stereocenters. The second kappa shape index (κ2) is 6.82. The van der Waals surface area contributed by atoms with Gasteiger partial charge in [-0.25, -0.2) is 4.98 Å². The molecule has 2 heterocycles. The largest absolute Gasteiger partial charge is 0.438 e. The Morgan fingerprint density at radius 2 is 1.53 bits per heavy atom. The Labute approximate surface area is 178 Å². The smallest absolute Gasteiger partial charge is 0.232 e. The van der Waals surface area contributed by atoms with Gasteiger partial charge in [0.05, 0.1) is 11.1 Å². The van der Waals surface area contributed by atoms with E-state index in [4.69, 9.17) is 16.0 Å². The zero-order chi connectivity index (χ0) is 20.1. The number of para-hydroxylation sites is 1. The lowest BCUT2D eigenvalue weighted by molar-refractivity contribution is 0.653. The second-order valence-corrected chi connectivity index (χ2v) is 7.82. The van der Waals surface area contributed by atoms with Gasteiger partial charge in [-0.1, -0.05) is 72.8 Å². The zero-order valence-electron chi connectivity index (χ0n) is 16.1. The molecule has 0 saturated carbocycles. The Morgan fingerprint density at radius 3 is 2.33 bits per heavy atom. The molecule has 4 heteroatoms. The SMILES string of the molecule is Clc1nc(-c2ccc(C3=CC=CCC3)c3ccccc23)c2c(n1)oc1ccccc12. The number of benzene rings is 3. The molecule has 3 nitrogen and oxygen atoms in total. The number of hydrogen-bond acceptors (Lipinski definition) is 3. The van der Waals surface area contributed by atoms with E-state index < -0.39 is 0 Å². The van der Waals surface area contributed by atoms with Gasteiger partial charge in [-0.15, -0.1) is 0 Å². The zero-order valence-corrected chi connectivity index (χ0v) is 16.9. The van der Waals surface area contributed by atoms with Crippen LogP contribution in [-0.4, -0.2) is 9.97 Å². The molecular formula is C26H17ClN2O. The van der Waals surface area contributed by atoms with Crippen LogP contribution in [0.4, 0.5) is 0 Å². The van der Waals surface area contributed by atoms with Crippen molar-refractivity contribution in [1.29, 1.82) is 0 Å². The Bertz CT molecular complexity index is 1510. The van der Waals surface area contributed by atoms with Crippen LogP contribution >= 0.6 is 11.6 Å². The van der Waals surface area contributed by atoms with E-state index in [1.54, 1.807) is 0 Å². The summed E-state index contributed by atoms with van der Waals surface area (Å²) in [6.07, 6.45) is 8.70. The predicted octanol–water partition coefficient (Wildman–Crippen LogP) is 7.58. The van der Waals surface area contributed by atoms with Crippen molar-refractivity contribution in [2.24, 2.45) is 0 Å². The van der Waals surface area contributed by atoms with E-state index in [2.05, 4.69) is 64.6 Å². The molecule has 1 aliphatic rings. The summed E-state index contributed by atoms with van der Waals surface area (Å²) in [5.41, 5.74) is 5.76. The fourth-order valence-electron chi connectivity index (χ4n) is 4.40. The average Bonchev–Trinajstić information content (AvgIpc) is 3.16. The van der Waals surface area contributed by atoms with Gasteiger partial charge in [-0.05, 0) is 52.4 Å². The van der Waals surface area contributed by atoms with Crippen LogP contribution in [-0.2, 0) is 0 Å². The van der Waals surface area contributed by atoms with Crippen LogP contribution in [0, 0.1) is 0 Å². The van der Waals surface area contributed by atoms with E-state index in [1.807, 2.05) is 24.3 Å². The molecule has 0 saturated heterocycles. The van der Waals surface area contributed by atoms with Gasteiger partial charge in [0.15, 0.2) is 0 Å². The van der Waals surface area contributed by atoms with Crippen molar-refractivity contribution >= 4 is 50.0 Å². The van der Waals surface area contributed by atoms with Crippen molar-refractivity contribution < 1.29 is 4.42 Å². The summed E-state index contributed by atoms with van der Waals surface area (Å²) < 4.78 is 5.97. The Hall–Kier alpha value is -3.43. The maximum absolute atomic E-state index is 6.31. The maximum atomic E-state index is 6.31. The Balaban J connectivity index is 1.69. The fraction of sp³-hybridized carbons (Fsp3) is 0.0769. The lowest BCUT2D eigenvalue weighted by atomic mass is 9.90. The molecule has 0 fully saturated rings. The van der Waals surface area contributed by atoms with E-state index >= 15 is 0 Å². The van der Waals surface area contributed by atoms with E-state index in [0.29, 0.717) is 5.71 Å². The van der Waals surface area contributed by atoms with Gasteiger partial charge in [-0.3, -0.25) is 0 Å². The summed E-state index contributed by atoms with van der Waals surface area (Å²) in [5.74, 6) is 0. The number of rotatable bonds is 2. The molecule has 3 aromatic carbocycles. The van der Waals surface area contributed by atoms with E-state index in [-0.39, 0.29) is 5.28 Å². The summed E-state index contributed by atoms with van der Waals surface area (Å²) in [7, 11) is 0. The maximum Gasteiger partial charge on any atom is 0.232 e. The monoisotopic (exact) mass is 408 g/mol. The molecule has 0 bridgehead atoms. The Kier molecular flexibility index (Phi) is 3.96. The van der Waals surface area contributed by atoms with Gasteiger partial charge in [0.2, 0.25) is 11.0 Å². The summed E-state index contributed by atoms with van der Waals surface area (Å²) in [6, 6.07) is 20.8. The van der Waals surface area contributed by atoms with E-state index in [0.717, 1.165) is 45.8 Å². The molecule has 1 aliphatic carbocycles. The summed E-state index contributed by atoms with van der Waals surface area (Å²) >= 11 is 6.31. The van der Waals surface area contributed by atoms with Crippen LogP contribution in [0.3, 0.4) is 0 Å². The molecule has 6 rings (SSSR count). The molecular weight excluding hydrogens is 392 g/mol. The fourth-order valence-corrected chi connectivity index (χ4v) is 4.57. The Morgan fingerprint density at radius 1 is 0.800 bits per heavy atom. The quantitative estimate of drug-likeness (QED) is 0.282. The first-order valence-electron chi connectivity index (χ1n) is 10.0. The number of hydrogen-bond donors (Lipinski definition) is 0. The third-order valence-corrected chi connectivity index (χ3v) is 5.92. The van der Waals surface area contributed by atoms with Crippen LogP contribution in [0.2, 0.25) is 5.28 Å². The van der Waals surface area contributed by atoms with Crippen molar-refractivity contribution in [3.8, 4) is 11.3 Å². The summed E-state index contributed by atoms with van der Waals surface area (Å²) in [6.45, 7) is 0. The van der Waals surface area contributed by atoms with Crippen LogP contribution in [0.15, 0.2) is 83.3 Å². The van der Waals surface area contributed by atoms with Crippen LogP contribution in [0.5, 0.6) is 0 Å². The van der Waals surface area contributed by atoms with Crippen molar-refractivity contribution in [2.75, 3.05) is 0 Å². The van der Waals surface area contributed by atoms with Crippen molar-refractivity contribution in [2.45, 2.75) is 12.8 Å². The highest BCUT2D eigenvalue weighted by Crippen LogP contribution is 2.40. The van der Waals surface area contributed by atoms with E-state index in [1.165, 1.54) is 16.5 Å². The average molecular weight is 409 g/mol. The van der Waals surface area contributed by atoms with Gasteiger partial charge in [0.1, 0.15) is 5.58 Å². The molecule has 30 heavy (non-hydrogen) atoms. The molecule has 5 aromatic rings. The molecule has 0 spiro atoms. The molecule has 144 valence electrons. The lowest BCUT2D eigenvalue weighted by Gasteiger charge is -2.15. The lowest BCUT2D eigenvalue weighted by Crippen LogP contribution is -1.94. The first kappa shape index (κ1) is 17.4. The van der Waals surface area contributed by atoms with Crippen LogP contribution in [0.25, 0.3) is 49.7 Å². The molecule has 0 aliphatic heterocycles. The number of halogens is 1. The highest BCUT2D eigenvalue weighted by Gasteiger charge is 2.19.